The van der Waals surface area contributed by atoms with Gasteiger partial charge in [0.25, 0.3) is 5.88 Å². The van der Waals surface area contributed by atoms with Gasteiger partial charge in [0.15, 0.2) is 11.6 Å². The molecule has 10 rings (SSSR count). The first kappa shape index (κ1) is 38.8. The summed E-state index contributed by atoms with van der Waals surface area (Å²) in [6, 6.07) is 12.6. The molecule has 6 heterocycles. The Hall–Kier alpha value is -4.70. The zero-order valence-corrected chi connectivity index (χ0v) is 34.2. The molecule has 0 unspecified atom stereocenters. The van der Waals surface area contributed by atoms with Gasteiger partial charge in [0.2, 0.25) is 5.91 Å². The molecule has 58 heavy (non-hydrogen) atoms. The van der Waals surface area contributed by atoms with Crippen molar-refractivity contribution in [3.63, 3.8) is 0 Å². The topological polar surface area (TPSA) is 114 Å². The fraction of sp³-hybridized carbons (Fsp3) is 0.419. The minimum absolute atomic E-state index is 0.00459. The molecule has 10 nitrogen and oxygen atoms in total. The van der Waals surface area contributed by atoms with Crippen molar-refractivity contribution in [2.24, 2.45) is 11.8 Å². The van der Waals surface area contributed by atoms with E-state index in [1.807, 2.05) is 37.8 Å². The Morgan fingerprint density at radius 2 is 1.81 bits per heavy atom. The van der Waals surface area contributed by atoms with E-state index in [4.69, 9.17) is 44.3 Å². The number of nitriles is 1. The number of rotatable bonds is 8. The largest absolute Gasteiger partial charge is 0.470 e. The molecule has 2 aromatic carbocycles. The fourth-order valence-electron chi connectivity index (χ4n) is 9.16. The van der Waals surface area contributed by atoms with Gasteiger partial charge in [-0.15, -0.1) is 0 Å². The van der Waals surface area contributed by atoms with Gasteiger partial charge in [-0.25, -0.2) is 23.5 Å². The summed E-state index contributed by atoms with van der Waals surface area (Å²) in [4.78, 5) is 40.1. The fourth-order valence-corrected chi connectivity index (χ4v) is 9.78. The average Bonchev–Trinajstić information content (AvgIpc) is 3.46. The predicted molar refractivity (Wildman–Crippen MR) is 216 cm³/mol. The zero-order chi connectivity index (χ0) is 40.8. The van der Waals surface area contributed by atoms with Gasteiger partial charge in [-0.05, 0) is 82.3 Å². The molecule has 0 N–H and O–H groups in total. The highest BCUT2D eigenvalue weighted by Crippen LogP contribution is 2.55. The van der Waals surface area contributed by atoms with Crippen LogP contribution in [0.2, 0.25) is 15.2 Å². The molecule has 3 aromatic heterocycles. The summed E-state index contributed by atoms with van der Waals surface area (Å²) in [6.45, 7) is 6.12. The Morgan fingerprint density at radius 3 is 2.53 bits per heavy atom. The number of aromatic nitrogens is 3. The van der Waals surface area contributed by atoms with Crippen molar-refractivity contribution in [1.82, 2.24) is 24.3 Å². The van der Waals surface area contributed by atoms with Crippen LogP contribution in [0.15, 0.2) is 48.7 Å². The van der Waals surface area contributed by atoms with E-state index in [0.29, 0.717) is 40.4 Å². The van der Waals surface area contributed by atoms with Gasteiger partial charge in [-0.1, -0.05) is 46.9 Å². The van der Waals surface area contributed by atoms with Crippen LogP contribution in [0.3, 0.4) is 0 Å². The number of benzene rings is 2. The van der Waals surface area contributed by atoms with Crippen molar-refractivity contribution < 1.29 is 27.8 Å². The second-order valence-electron chi connectivity index (χ2n) is 16.7. The van der Waals surface area contributed by atoms with Gasteiger partial charge in [0.1, 0.15) is 22.4 Å². The van der Waals surface area contributed by atoms with Gasteiger partial charge in [0.05, 0.1) is 46.3 Å². The monoisotopic (exact) mass is 846 g/mol. The van der Waals surface area contributed by atoms with Gasteiger partial charge in [0, 0.05) is 65.0 Å². The molecule has 3 saturated heterocycles. The third-order valence-electron chi connectivity index (χ3n) is 11.8. The molecule has 300 valence electrons. The first-order chi connectivity index (χ1) is 27.7. The number of hydrogen-bond donors (Lipinski definition) is 0. The van der Waals surface area contributed by atoms with Crippen molar-refractivity contribution in [2.45, 2.75) is 89.1 Å². The lowest BCUT2D eigenvalue weighted by Gasteiger charge is -2.40. The lowest BCUT2D eigenvalue weighted by Crippen LogP contribution is -2.45. The average molecular weight is 848 g/mol. The van der Waals surface area contributed by atoms with E-state index in [1.165, 1.54) is 18.3 Å². The molecule has 5 atom stereocenters. The van der Waals surface area contributed by atoms with Crippen molar-refractivity contribution in [2.75, 3.05) is 13.1 Å². The van der Waals surface area contributed by atoms with Crippen LogP contribution < -0.4 is 4.74 Å². The van der Waals surface area contributed by atoms with E-state index in [9.17, 15) is 19.2 Å². The molecule has 5 fully saturated rings. The second kappa shape index (κ2) is 14.5. The summed E-state index contributed by atoms with van der Waals surface area (Å²) in [5, 5.41) is 11.1. The van der Waals surface area contributed by atoms with Crippen LogP contribution in [-0.4, -0.2) is 67.2 Å². The Bertz CT molecular complexity index is 2570. The minimum Gasteiger partial charge on any atom is -0.470 e. The van der Waals surface area contributed by atoms with Crippen LogP contribution in [0.25, 0.3) is 32.9 Å². The second-order valence-corrected chi connectivity index (χ2v) is 17.9. The van der Waals surface area contributed by atoms with Crippen LogP contribution in [0.4, 0.5) is 13.6 Å². The highest BCUT2D eigenvalue weighted by atomic mass is 35.5. The van der Waals surface area contributed by atoms with Crippen molar-refractivity contribution >= 4 is 68.6 Å². The smallest absolute Gasteiger partial charge is 0.410 e. The number of fused-ring (bicyclic) bond motifs is 4. The number of likely N-dealkylation sites (tertiary alicyclic amines) is 1. The summed E-state index contributed by atoms with van der Waals surface area (Å²) in [5.74, 6) is -1.57. The molecule has 2 aliphatic carbocycles. The molecule has 5 aliphatic rings. The van der Waals surface area contributed by atoms with Crippen molar-refractivity contribution in [3.8, 4) is 23.1 Å². The Labute approximate surface area is 348 Å². The molecule has 0 radical (unpaired) electrons. The van der Waals surface area contributed by atoms with E-state index in [-0.39, 0.29) is 81.4 Å². The van der Waals surface area contributed by atoms with E-state index in [2.05, 4.69) is 20.6 Å². The molecule has 2 saturated carbocycles. The molecule has 2 amide bonds. The standard InChI is InChI=1S/C43H39Cl3F2N6O4/c1-43(2,3)58-42(56)53-19-23-16-32(53)37(23)54-31(30-17-24(20-52(30)41(55)21-11-12-21)57-40-29(47)10-6-14-50-40)18-27-38(54)26-15-22(7-5-13-49)33(35(48)36(26)51-39(27)46)25-8-4-9-28(44)34(25)45/h4,6,8-10,14-15,18,21,23-24,30,32,37H,5,7,11-12,16-17,19-20H2,1-3H3/t23-,24+,30-,32-,37+/m1/s1. The highest BCUT2D eigenvalue weighted by Gasteiger charge is 2.57. The van der Waals surface area contributed by atoms with Gasteiger partial charge in [-0.3, -0.25) is 4.79 Å². The van der Waals surface area contributed by atoms with Crippen molar-refractivity contribution in [1.29, 1.82) is 5.26 Å². The summed E-state index contributed by atoms with van der Waals surface area (Å²) in [6.07, 6.45) is 3.32. The zero-order valence-electron chi connectivity index (χ0n) is 31.9. The summed E-state index contributed by atoms with van der Waals surface area (Å²) in [7, 11) is 0. The van der Waals surface area contributed by atoms with E-state index < -0.39 is 35.5 Å². The van der Waals surface area contributed by atoms with Gasteiger partial charge >= 0.3 is 6.09 Å². The van der Waals surface area contributed by atoms with Crippen molar-refractivity contribution in [3.05, 3.63) is 86.8 Å². The Kier molecular flexibility index (Phi) is 9.73. The maximum Gasteiger partial charge on any atom is 0.410 e. The Balaban J connectivity index is 1.26. The molecule has 2 bridgehead atoms. The third kappa shape index (κ3) is 6.59. The maximum absolute atomic E-state index is 17.4. The van der Waals surface area contributed by atoms with E-state index in [1.54, 1.807) is 23.1 Å². The normalized spacial score (nSPS) is 22.7. The molecule has 5 aromatic rings. The number of carbonyl (C=O) groups excluding carboxylic acids is 2. The van der Waals surface area contributed by atoms with Crippen LogP contribution in [0.5, 0.6) is 5.88 Å². The van der Waals surface area contributed by atoms with Crippen LogP contribution in [-0.2, 0) is 16.0 Å². The number of aryl methyl sites for hydroxylation is 1. The predicted octanol–water partition coefficient (Wildman–Crippen LogP) is 10.3. The van der Waals surface area contributed by atoms with E-state index >= 15 is 4.39 Å². The summed E-state index contributed by atoms with van der Waals surface area (Å²) >= 11 is 20.2. The van der Waals surface area contributed by atoms with Gasteiger partial charge < -0.3 is 23.8 Å². The lowest BCUT2D eigenvalue weighted by molar-refractivity contribution is -0.133. The quantitative estimate of drug-likeness (QED) is 0.143. The minimum atomic E-state index is -0.711. The summed E-state index contributed by atoms with van der Waals surface area (Å²) in [5.41, 5.74) is 1.66. The number of halogens is 5. The number of carbonyl (C=O) groups is 2. The maximum atomic E-state index is 17.4. The molecule has 0 spiro atoms. The molecule has 15 heteroatoms. The summed E-state index contributed by atoms with van der Waals surface area (Å²) < 4.78 is 46.3. The SMILES string of the molecule is CC(C)(C)OC(=O)N1C[C@H]2C[C@@H]1[C@H]2n1c([C@H]2C[C@H](Oc3ncccc3F)CN2C(=O)C2CC2)cc2c(Cl)nc3c(F)c(-c4cccc(Cl)c4Cl)c(CCC#N)cc3c21. The molecule has 3 aliphatic heterocycles. The molecular formula is C43H39Cl3F2N6O4. The number of hydrogen-bond acceptors (Lipinski definition) is 7. The third-order valence-corrected chi connectivity index (χ3v) is 12.9. The number of amides is 2. The van der Waals surface area contributed by atoms with Gasteiger partial charge in [-0.2, -0.15) is 5.26 Å². The highest BCUT2D eigenvalue weighted by molar-refractivity contribution is 6.43. The number of ether oxygens (including phenoxy) is 2. The number of pyridine rings is 2. The number of nitrogens with zero attached hydrogens (tertiary/aromatic N) is 6. The van der Waals surface area contributed by atoms with Crippen LogP contribution >= 0.6 is 34.8 Å². The van der Waals surface area contributed by atoms with Crippen LogP contribution in [0, 0.1) is 34.8 Å². The van der Waals surface area contributed by atoms with E-state index in [0.717, 1.165) is 25.0 Å². The Morgan fingerprint density at radius 1 is 1.02 bits per heavy atom. The first-order valence-corrected chi connectivity index (χ1v) is 20.6. The van der Waals surface area contributed by atoms with Crippen LogP contribution in [0.1, 0.15) is 76.2 Å². The lowest BCUT2D eigenvalue weighted by atomic mass is 9.79. The first-order valence-electron chi connectivity index (χ1n) is 19.5. The molecular weight excluding hydrogens is 809 g/mol.